The zero-order chi connectivity index (χ0) is 36.6. The molecule has 0 spiro atoms. The van der Waals surface area contributed by atoms with Crippen molar-refractivity contribution in [1.29, 1.82) is 0 Å². The Labute approximate surface area is 300 Å². The third-order valence-corrected chi connectivity index (χ3v) is 9.74. The van der Waals surface area contributed by atoms with E-state index in [9.17, 15) is 15.0 Å². The van der Waals surface area contributed by atoms with Crippen molar-refractivity contribution in [2.24, 2.45) is 10.8 Å². The molecule has 274 valence electrons. The molecule has 4 nitrogen and oxygen atoms in total. The van der Waals surface area contributed by atoms with Crippen LogP contribution in [0.3, 0.4) is 0 Å². The molecule has 0 aromatic heterocycles. The minimum Gasteiger partial charge on any atom is -0.507 e. The van der Waals surface area contributed by atoms with Crippen LogP contribution in [0.5, 0.6) is 11.5 Å². The SMILES string of the molecule is CC(C)(C)CC(C)(C)c1ccc(O)c(Sc2cc(C(C)(C)CC(C)(C)C)ccc2O)c1.CCCCCCCOC(=O)CCCCCCC. The second-order valence-corrected chi connectivity index (χ2v) is 18.6. The molecule has 2 rings (SSSR count). The van der Waals surface area contributed by atoms with Crippen LogP contribution in [0.25, 0.3) is 0 Å². The molecule has 2 N–H and O–H groups in total. The molecule has 48 heavy (non-hydrogen) atoms. The van der Waals surface area contributed by atoms with Crippen LogP contribution < -0.4 is 0 Å². The van der Waals surface area contributed by atoms with E-state index >= 15 is 0 Å². The topological polar surface area (TPSA) is 66.8 Å². The summed E-state index contributed by atoms with van der Waals surface area (Å²) in [7, 11) is 0. The monoisotopic (exact) mass is 685 g/mol. The Hall–Kier alpha value is -2.14. The molecule has 0 unspecified atom stereocenters. The molecule has 0 saturated carbocycles. The molecule has 0 bridgehead atoms. The summed E-state index contributed by atoms with van der Waals surface area (Å²) in [6, 6.07) is 11.8. The van der Waals surface area contributed by atoms with Crippen molar-refractivity contribution < 1.29 is 19.7 Å². The first-order chi connectivity index (χ1) is 22.2. The van der Waals surface area contributed by atoms with Crippen LogP contribution in [0, 0.1) is 10.8 Å². The van der Waals surface area contributed by atoms with Gasteiger partial charge in [-0.2, -0.15) is 0 Å². The summed E-state index contributed by atoms with van der Waals surface area (Å²) in [4.78, 5) is 12.9. The second kappa shape index (κ2) is 20.5. The Kier molecular flexibility index (Phi) is 18.8. The number of rotatable bonds is 18. The summed E-state index contributed by atoms with van der Waals surface area (Å²) in [5.41, 5.74) is 2.79. The van der Waals surface area contributed by atoms with Gasteiger partial charge in [0.05, 0.1) is 16.4 Å². The number of benzene rings is 2. The van der Waals surface area contributed by atoms with Gasteiger partial charge in [0, 0.05) is 6.42 Å². The second-order valence-electron chi connectivity index (χ2n) is 17.5. The zero-order valence-electron chi connectivity index (χ0n) is 33.0. The number of carbonyl (C=O) groups is 1. The fourth-order valence-electron chi connectivity index (χ4n) is 6.84. The molecule has 0 radical (unpaired) electrons. The molecule has 5 heteroatoms. The molecule has 0 heterocycles. The van der Waals surface area contributed by atoms with Crippen LogP contribution >= 0.6 is 11.8 Å². The van der Waals surface area contributed by atoms with Crippen LogP contribution in [0.1, 0.15) is 178 Å². The minimum absolute atomic E-state index is 0.00279. The summed E-state index contributed by atoms with van der Waals surface area (Å²) >= 11 is 1.44. The molecule has 2 aromatic rings. The maximum Gasteiger partial charge on any atom is 0.305 e. The van der Waals surface area contributed by atoms with Crippen LogP contribution in [0.15, 0.2) is 46.2 Å². The number of hydrogen-bond donors (Lipinski definition) is 2. The van der Waals surface area contributed by atoms with Gasteiger partial charge in [-0.05, 0) is 82.7 Å². The van der Waals surface area contributed by atoms with Crippen molar-refractivity contribution in [2.75, 3.05) is 6.61 Å². The van der Waals surface area contributed by atoms with E-state index in [0.717, 1.165) is 35.5 Å². The quantitative estimate of drug-likeness (QED) is 0.121. The summed E-state index contributed by atoms with van der Waals surface area (Å²) in [6.45, 7) is 27.6. The predicted molar refractivity (Wildman–Crippen MR) is 208 cm³/mol. The van der Waals surface area contributed by atoms with E-state index in [4.69, 9.17) is 4.74 Å². The summed E-state index contributed by atoms with van der Waals surface area (Å²) in [5.74, 6) is 0.495. The van der Waals surface area contributed by atoms with Gasteiger partial charge in [0.1, 0.15) is 11.5 Å². The first kappa shape index (κ1) is 43.9. The zero-order valence-corrected chi connectivity index (χ0v) is 33.8. The lowest BCUT2D eigenvalue weighted by Crippen LogP contribution is -2.24. The molecular weight excluding hydrogens is 613 g/mol. The van der Waals surface area contributed by atoms with E-state index in [-0.39, 0.29) is 39.1 Å². The van der Waals surface area contributed by atoms with Gasteiger partial charge in [-0.15, -0.1) is 0 Å². The van der Waals surface area contributed by atoms with E-state index in [1.165, 1.54) is 74.3 Å². The van der Waals surface area contributed by atoms with Crippen molar-refractivity contribution in [3.8, 4) is 11.5 Å². The van der Waals surface area contributed by atoms with Gasteiger partial charge in [0.25, 0.3) is 0 Å². The molecule has 0 aliphatic carbocycles. The van der Waals surface area contributed by atoms with Crippen LogP contribution in [-0.4, -0.2) is 22.8 Å². The standard InChI is InChI=1S/C28H42O2S.C15H30O2/c1-25(2,3)17-27(7,8)19-11-13-21(29)23(15-19)31-24-16-20(12-14-22(24)30)28(9,10)18-26(4,5)6;1-3-5-7-9-11-13-15(16)17-14-12-10-8-6-4-2/h11-16,29-30H,17-18H2,1-10H3;3-14H2,1-2H3. The number of phenolic OH excluding ortho intramolecular Hbond substituents is 2. The summed E-state index contributed by atoms with van der Waals surface area (Å²) in [5, 5.41) is 21.1. The summed E-state index contributed by atoms with van der Waals surface area (Å²) < 4.78 is 5.19. The number of unbranched alkanes of at least 4 members (excludes halogenated alkanes) is 8. The average molecular weight is 685 g/mol. The lowest BCUT2D eigenvalue weighted by atomic mass is 9.72. The molecule has 2 aromatic carbocycles. The number of phenols is 2. The fraction of sp³-hybridized carbons (Fsp3) is 0.698. The fourth-order valence-corrected chi connectivity index (χ4v) is 7.80. The van der Waals surface area contributed by atoms with Crippen molar-refractivity contribution >= 4 is 17.7 Å². The third kappa shape index (κ3) is 18.0. The lowest BCUT2D eigenvalue weighted by Gasteiger charge is -2.33. The van der Waals surface area contributed by atoms with Crippen molar-refractivity contribution in [3.63, 3.8) is 0 Å². The predicted octanol–water partition coefficient (Wildman–Crippen LogP) is 13.5. The smallest absolute Gasteiger partial charge is 0.305 e. The first-order valence-electron chi connectivity index (χ1n) is 18.7. The normalized spacial score (nSPS) is 12.4. The Morgan fingerprint density at radius 1 is 0.604 bits per heavy atom. The van der Waals surface area contributed by atoms with E-state index in [0.29, 0.717) is 13.0 Å². The molecule has 0 saturated heterocycles. The van der Waals surface area contributed by atoms with E-state index in [2.05, 4.69) is 95.2 Å². The van der Waals surface area contributed by atoms with Crippen molar-refractivity contribution in [3.05, 3.63) is 47.5 Å². The molecule has 0 aliphatic heterocycles. The highest BCUT2D eigenvalue weighted by Gasteiger charge is 2.29. The lowest BCUT2D eigenvalue weighted by molar-refractivity contribution is -0.143. The Balaban J connectivity index is 0.000000576. The van der Waals surface area contributed by atoms with Crippen LogP contribution in [0.4, 0.5) is 0 Å². The largest absolute Gasteiger partial charge is 0.507 e. The van der Waals surface area contributed by atoms with E-state index in [1.807, 2.05) is 12.1 Å². The number of esters is 1. The van der Waals surface area contributed by atoms with Gasteiger partial charge in [0.2, 0.25) is 0 Å². The van der Waals surface area contributed by atoms with Crippen LogP contribution in [0.2, 0.25) is 0 Å². The number of carbonyl (C=O) groups excluding carboxylic acids is 1. The molecule has 0 fully saturated rings. The maximum atomic E-state index is 11.3. The van der Waals surface area contributed by atoms with Gasteiger partial charge in [-0.25, -0.2) is 0 Å². The average Bonchev–Trinajstić information content (AvgIpc) is 2.94. The number of ether oxygens (including phenoxy) is 1. The highest BCUT2D eigenvalue weighted by molar-refractivity contribution is 7.99. The van der Waals surface area contributed by atoms with Gasteiger partial charge in [0.15, 0.2) is 0 Å². The first-order valence-corrected chi connectivity index (χ1v) is 19.5. The highest BCUT2D eigenvalue weighted by atomic mass is 32.2. The number of hydrogen-bond acceptors (Lipinski definition) is 5. The Morgan fingerprint density at radius 3 is 1.40 bits per heavy atom. The summed E-state index contributed by atoms with van der Waals surface area (Å²) in [6.07, 6.45) is 14.7. The van der Waals surface area contributed by atoms with Gasteiger partial charge >= 0.3 is 5.97 Å². The van der Waals surface area contributed by atoms with Crippen molar-refractivity contribution in [1.82, 2.24) is 0 Å². The molecule has 0 atom stereocenters. The maximum absolute atomic E-state index is 11.3. The molecular formula is C43H72O4S. The van der Waals surface area contributed by atoms with Crippen molar-refractivity contribution in [2.45, 2.75) is 187 Å². The molecule has 0 aliphatic rings. The van der Waals surface area contributed by atoms with Gasteiger partial charge in [-0.3, -0.25) is 4.79 Å². The Morgan fingerprint density at radius 2 is 1.00 bits per heavy atom. The Bertz CT molecular complexity index is 1140. The van der Waals surface area contributed by atoms with E-state index < -0.39 is 0 Å². The van der Waals surface area contributed by atoms with Gasteiger partial charge in [-0.1, -0.05) is 158 Å². The third-order valence-electron chi connectivity index (χ3n) is 8.64. The number of aromatic hydroxyl groups is 2. The van der Waals surface area contributed by atoms with Gasteiger partial charge < -0.3 is 14.9 Å². The van der Waals surface area contributed by atoms with E-state index in [1.54, 1.807) is 12.1 Å². The molecule has 0 amide bonds. The van der Waals surface area contributed by atoms with Crippen LogP contribution in [-0.2, 0) is 20.4 Å². The minimum atomic E-state index is -0.0140. The highest BCUT2D eigenvalue weighted by Crippen LogP contribution is 2.45.